The zero-order valence-electron chi connectivity index (χ0n) is 9.75. The van der Waals surface area contributed by atoms with E-state index >= 15 is 0 Å². The summed E-state index contributed by atoms with van der Waals surface area (Å²) in [6, 6.07) is 0.588. The maximum absolute atomic E-state index is 11.8. The molecule has 0 aromatic heterocycles. The summed E-state index contributed by atoms with van der Waals surface area (Å²) >= 11 is 0. The van der Waals surface area contributed by atoms with Gasteiger partial charge >= 0.3 is 0 Å². The summed E-state index contributed by atoms with van der Waals surface area (Å²) in [5, 5.41) is 3.25. The molecule has 0 aromatic carbocycles. The molecular weight excluding hydrogens is 212 g/mol. The maximum Gasteiger partial charge on any atom is 0.249 e. The average molecular weight is 233 g/mol. The van der Waals surface area contributed by atoms with E-state index in [4.69, 9.17) is 0 Å². The van der Waals surface area contributed by atoms with Gasteiger partial charge in [0.2, 0.25) is 5.91 Å². The Labute approximate surface area is 98.3 Å². The van der Waals surface area contributed by atoms with Crippen molar-refractivity contribution in [1.82, 2.24) is 10.2 Å². The topological polar surface area (TPSA) is 32.3 Å². The highest BCUT2D eigenvalue weighted by Gasteiger charge is 2.21. The zero-order chi connectivity index (χ0) is 10.6. The molecule has 1 aliphatic rings. The van der Waals surface area contributed by atoms with Crippen molar-refractivity contribution in [2.45, 2.75) is 32.7 Å². The van der Waals surface area contributed by atoms with Crippen molar-refractivity contribution in [2.24, 2.45) is 0 Å². The number of amides is 1. The number of carbonyl (C=O) groups excluding carboxylic acids is 1. The van der Waals surface area contributed by atoms with Crippen LogP contribution < -0.4 is 5.32 Å². The largest absolute Gasteiger partial charge is 0.339 e. The molecule has 88 valence electrons. The van der Waals surface area contributed by atoms with Crippen molar-refractivity contribution in [1.29, 1.82) is 0 Å². The summed E-state index contributed by atoms with van der Waals surface area (Å²) in [6.45, 7) is 5.56. The number of halogens is 1. The van der Waals surface area contributed by atoms with Crippen molar-refractivity contribution in [3.63, 3.8) is 0 Å². The number of likely N-dealkylation sites (tertiary alicyclic amines) is 1. The highest BCUT2D eigenvalue weighted by atomic mass is 35.5. The van der Waals surface area contributed by atoms with Crippen LogP contribution in [-0.4, -0.2) is 37.0 Å². The van der Waals surface area contributed by atoms with Gasteiger partial charge in [-0.15, -0.1) is 12.4 Å². The average Bonchev–Trinajstić information content (AvgIpc) is 2.27. The lowest BCUT2D eigenvalue weighted by atomic mass is 10.0. The number of carbonyl (C=O) groups is 1. The van der Waals surface area contributed by atoms with Gasteiger partial charge in [0, 0.05) is 24.7 Å². The Bertz CT molecular complexity index is 233. The van der Waals surface area contributed by atoms with Crippen LogP contribution in [-0.2, 0) is 4.79 Å². The zero-order valence-corrected chi connectivity index (χ0v) is 10.6. The van der Waals surface area contributed by atoms with Crippen molar-refractivity contribution in [3.8, 4) is 0 Å². The molecular formula is C11H21ClN2O. The number of allylic oxidation sites excluding steroid dienone is 1. The Hall–Kier alpha value is -0.540. The summed E-state index contributed by atoms with van der Waals surface area (Å²) < 4.78 is 0. The van der Waals surface area contributed by atoms with E-state index in [1.54, 1.807) is 0 Å². The van der Waals surface area contributed by atoms with E-state index in [2.05, 4.69) is 5.32 Å². The standard InChI is InChI=1S/C11H20N2O.ClH/c1-4-9(2)11(14)13-7-5-10(12-3)6-8-13;/h4,10,12H,5-8H2,1-3H3;1H/b9-4+;. The SMILES string of the molecule is C/C=C(\C)C(=O)N1CCC(NC)CC1.Cl. The minimum absolute atomic E-state index is 0. The molecule has 0 unspecified atom stereocenters. The third kappa shape index (κ3) is 3.84. The van der Waals surface area contributed by atoms with E-state index in [0.29, 0.717) is 6.04 Å². The Balaban J connectivity index is 0.00000196. The summed E-state index contributed by atoms with van der Waals surface area (Å²) in [6.07, 6.45) is 4.02. The lowest BCUT2D eigenvalue weighted by Gasteiger charge is -2.32. The highest BCUT2D eigenvalue weighted by Crippen LogP contribution is 2.12. The predicted octanol–water partition coefficient (Wildman–Crippen LogP) is 1.58. The molecule has 1 fully saturated rings. The molecule has 0 atom stereocenters. The van der Waals surface area contributed by atoms with E-state index in [1.807, 2.05) is 31.9 Å². The fraction of sp³-hybridized carbons (Fsp3) is 0.727. The lowest BCUT2D eigenvalue weighted by molar-refractivity contribution is -0.128. The molecule has 0 aliphatic carbocycles. The van der Waals surface area contributed by atoms with Gasteiger partial charge in [0.05, 0.1) is 0 Å². The number of nitrogens with zero attached hydrogens (tertiary/aromatic N) is 1. The predicted molar refractivity (Wildman–Crippen MR) is 65.3 cm³/mol. The molecule has 1 heterocycles. The number of nitrogens with one attached hydrogen (secondary N) is 1. The molecule has 1 amide bonds. The molecule has 15 heavy (non-hydrogen) atoms. The molecule has 1 saturated heterocycles. The first-order valence-corrected chi connectivity index (χ1v) is 5.28. The smallest absolute Gasteiger partial charge is 0.249 e. The fourth-order valence-electron chi connectivity index (χ4n) is 1.74. The van der Waals surface area contributed by atoms with Crippen LogP contribution in [0.2, 0.25) is 0 Å². The molecule has 0 saturated carbocycles. The van der Waals surface area contributed by atoms with Gasteiger partial charge in [-0.05, 0) is 33.7 Å². The van der Waals surface area contributed by atoms with Gasteiger partial charge in [0.1, 0.15) is 0 Å². The molecule has 4 heteroatoms. The minimum atomic E-state index is 0. The first kappa shape index (κ1) is 14.5. The molecule has 0 spiro atoms. The Morgan fingerprint density at radius 3 is 2.33 bits per heavy atom. The second kappa shape index (κ2) is 6.85. The summed E-state index contributed by atoms with van der Waals surface area (Å²) in [4.78, 5) is 13.7. The van der Waals surface area contributed by atoms with Gasteiger partial charge in [-0.1, -0.05) is 6.08 Å². The molecule has 0 radical (unpaired) electrons. The van der Waals surface area contributed by atoms with E-state index < -0.39 is 0 Å². The number of rotatable bonds is 2. The first-order valence-electron chi connectivity index (χ1n) is 5.28. The van der Waals surface area contributed by atoms with E-state index in [1.165, 1.54) is 0 Å². The van der Waals surface area contributed by atoms with Gasteiger partial charge < -0.3 is 10.2 Å². The number of hydrogen-bond donors (Lipinski definition) is 1. The van der Waals surface area contributed by atoms with Crippen LogP contribution in [0.4, 0.5) is 0 Å². The van der Waals surface area contributed by atoms with Crippen LogP contribution in [0.1, 0.15) is 26.7 Å². The monoisotopic (exact) mass is 232 g/mol. The van der Waals surface area contributed by atoms with Gasteiger partial charge in [-0.3, -0.25) is 4.79 Å². The van der Waals surface area contributed by atoms with E-state index in [0.717, 1.165) is 31.5 Å². The highest BCUT2D eigenvalue weighted by molar-refractivity contribution is 5.92. The molecule has 1 aliphatic heterocycles. The van der Waals surface area contributed by atoms with Crippen LogP contribution >= 0.6 is 12.4 Å². The Morgan fingerprint density at radius 2 is 1.93 bits per heavy atom. The van der Waals surface area contributed by atoms with Gasteiger partial charge in [-0.2, -0.15) is 0 Å². The van der Waals surface area contributed by atoms with Crippen molar-refractivity contribution < 1.29 is 4.79 Å². The number of hydrogen-bond acceptors (Lipinski definition) is 2. The Morgan fingerprint density at radius 1 is 1.40 bits per heavy atom. The summed E-state index contributed by atoms with van der Waals surface area (Å²) in [7, 11) is 1.99. The van der Waals surface area contributed by atoms with Gasteiger partial charge in [0.15, 0.2) is 0 Å². The molecule has 3 nitrogen and oxygen atoms in total. The third-order valence-electron chi connectivity index (χ3n) is 2.96. The quantitative estimate of drug-likeness (QED) is 0.734. The van der Waals surface area contributed by atoms with Crippen LogP contribution in [0, 0.1) is 0 Å². The van der Waals surface area contributed by atoms with Crippen molar-refractivity contribution in [3.05, 3.63) is 11.6 Å². The minimum Gasteiger partial charge on any atom is -0.339 e. The van der Waals surface area contributed by atoms with Crippen molar-refractivity contribution in [2.75, 3.05) is 20.1 Å². The third-order valence-corrected chi connectivity index (χ3v) is 2.96. The van der Waals surface area contributed by atoms with Crippen LogP contribution in [0.25, 0.3) is 0 Å². The summed E-state index contributed by atoms with van der Waals surface area (Å²) in [5.74, 6) is 0.196. The Kier molecular flexibility index (Phi) is 6.61. The van der Waals surface area contributed by atoms with Gasteiger partial charge in [0.25, 0.3) is 0 Å². The summed E-state index contributed by atoms with van der Waals surface area (Å²) in [5.41, 5.74) is 0.855. The van der Waals surface area contributed by atoms with E-state index in [9.17, 15) is 4.79 Å². The lowest BCUT2D eigenvalue weighted by Crippen LogP contribution is -2.44. The molecule has 0 bridgehead atoms. The molecule has 1 rings (SSSR count). The molecule has 0 aromatic rings. The van der Waals surface area contributed by atoms with Gasteiger partial charge in [-0.25, -0.2) is 0 Å². The van der Waals surface area contributed by atoms with Crippen LogP contribution in [0.3, 0.4) is 0 Å². The first-order chi connectivity index (χ1) is 6.69. The van der Waals surface area contributed by atoms with E-state index in [-0.39, 0.29) is 18.3 Å². The number of piperidine rings is 1. The normalized spacial score (nSPS) is 18.6. The second-order valence-electron chi connectivity index (χ2n) is 3.83. The second-order valence-corrected chi connectivity index (χ2v) is 3.83. The fourth-order valence-corrected chi connectivity index (χ4v) is 1.74. The maximum atomic E-state index is 11.8. The molecule has 1 N–H and O–H groups in total. The van der Waals surface area contributed by atoms with Crippen LogP contribution in [0.15, 0.2) is 11.6 Å². The van der Waals surface area contributed by atoms with Crippen molar-refractivity contribution >= 4 is 18.3 Å². The van der Waals surface area contributed by atoms with Crippen LogP contribution in [0.5, 0.6) is 0 Å².